The molecule has 0 saturated carbocycles. The second-order valence-corrected chi connectivity index (χ2v) is 4.37. The molecular formula is C10H4F2N2O2S. The highest BCUT2D eigenvalue weighted by Crippen LogP contribution is 2.29. The molecule has 0 aliphatic heterocycles. The summed E-state index contributed by atoms with van der Waals surface area (Å²) in [5, 5.41) is 8.77. The molecule has 7 heteroatoms. The first-order valence-corrected chi connectivity index (χ1v) is 5.38. The Kier molecular flexibility index (Phi) is 1.93. The molecule has 2 heterocycles. The first-order chi connectivity index (χ1) is 8.08. The highest BCUT2D eigenvalue weighted by Gasteiger charge is 2.16. The lowest BCUT2D eigenvalue weighted by Gasteiger charge is -1.93. The minimum atomic E-state index is -1.16. The van der Waals surface area contributed by atoms with E-state index in [0.29, 0.717) is 10.5 Å². The summed E-state index contributed by atoms with van der Waals surface area (Å²) in [7, 11) is 0. The molecule has 3 rings (SSSR count). The van der Waals surface area contributed by atoms with Crippen LogP contribution in [-0.4, -0.2) is 20.5 Å². The molecule has 17 heavy (non-hydrogen) atoms. The van der Waals surface area contributed by atoms with Crippen molar-refractivity contribution < 1.29 is 18.7 Å². The highest BCUT2D eigenvalue weighted by molar-refractivity contribution is 7.23. The van der Waals surface area contributed by atoms with E-state index < -0.39 is 17.6 Å². The van der Waals surface area contributed by atoms with Crippen molar-refractivity contribution in [2.45, 2.75) is 0 Å². The number of aromatic nitrogens is 2. The number of benzene rings is 1. The van der Waals surface area contributed by atoms with Crippen LogP contribution in [0, 0.1) is 11.6 Å². The average molecular weight is 254 g/mol. The van der Waals surface area contributed by atoms with E-state index in [-0.39, 0.29) is 10.4 Å². The summed E-state index contributed by atoms with van der Waals surface area (Å²) in [4.78, 5) is 14.9. The number of carboxylic acid groups (broad SMARTS) is 1. The molecule has 1 aromatic carbocycles. The maximum Gasteiger partial charge on any atom is 0.356 e. The van der Waals surface area contributed by atoms with Crippen LogP contribution >= 0.6 is 11.3 Å². The van der Waals surface area contributed by atoms with Gasteiger partial charge in [-0.15, -0.1) is 0 Å². The smallest absolute Gasteiger partial charge is 0.356 e. The van der Waals surface area contributed by atoms with Crippen LogP contribution in [0.2, 0.25) is 0 Å². The minimum Gasteiger partial charge on any atom is -0.476 e. The molecule has 0 atom stereocenters. The number of fused-ring (bicyclic) bond motifs is 3. The summed E-state index contributed by atoms with van der Waals surface area (Å²) >= 11 is 0.914. The monoisotopic (exact) mass is 254 g/mol. The van der Waals surface area contributed by atoms with Gasteiger partial charge in [0.2, 0.25) is 0 Å². The van der Waals surface area contributed by atoms with Crippen molar-refractivity contribution in [1.29, 1.82) is 0 Å². The molecule has 3 aromatic rings. The van der Waals surface area contributed by atoms with Crippen LogP contribution in [0.4, 0.5) is 8.78 Å². The second kappa shape index (κ2) is 3.24. The number of rotatable bonds is 1. The molecular weight excluding hydrogens is 250 g/mol. The normalized spacial score (nSPS) is 11.4. The van der Waals surface area contributed by atoms with Crippen molar-refractivity contribution in [1.82, 2.24) is 9.38 Å². The van der Waals surface area contributed by atoms with Crippen LogP contribution in [0.5, 0.6) is 0 Å². The van der Waals surface area contributed by atoms with E-state index >= 15 is 0 Å². The standard InChI is InChI=1S/C10H4F2N2O2S/c11-4-1-2-6-8(7(4)12)17-10-13-5(9(15)16)3-14(6)10/h1-3H,(H,15,16). The second-order valence-electron chi connectivity index (χ2n) is 3.40. The van der Waals surface area contributed by atoms with Gasteiger partial charge in [0.25, 0.3) is 0 Å². The van der Waals surface area contributed by atoms with E-state index in [2.05, 4.69) is 4.98 Å². The van der Waals surface area contributed by atoms with Crippen LogP contribution < -0.4 is 0 Å². The summed E-state index contributed by atoms with van der Waals surface area (Å²) < 4.78 is 28.0. The molecule has 1 N–H and O–H groups in total. The summed E-state index contributed by atoms with van der Waals surface area (Å²) in [6.45, 7) is 0. The predicted octanol–water partition coefficient (Wildman–Crippen LogP) is 2.53. The van der Waals surface area contributed by atoms with Gasteiger partial charge in [-0.25, -0.2) is 18.6 Å². The Morgan fingerprint density at radius 2 is 2.18 bits per heavy atom. The minimum absolute atomic E-state index is 0.122. The topological polar surface area (TPSA) is 54.6 Å². The fourth-order valence-corrected chi connectivity index (χ4v) is 2.64. The van der Waals surface area contributed by atoms with Crippen LogP contribution in [0.3, 0.4) is 0 Å². The van der Waals surface area contributed by atoms with E-state index in [9.17, 15) is 13.6 Å². The van der Waals surface area contributed by atoms with Gasteiger partial charge in [0.05, 0.1) is 10.2 Å². The molecule has 2 aromatic heterocycles. The molecule has 86 valence electrons. The first-order valence-electron chi connectivity index (χ1n) is 4.57. The van der Waals surface area contributed by atoms with E-state index in [1.165, 1.54) is 16.7 Å². The molecule has 0 aliphatic carbocycles. The zero-order valence-electron chi connectivity index (χ0n) is 8.15. The summed E-state index contributed by atoms with van der Waals surface area (Å²) in [5.41, 5.74) is 0.284. The number of hydrogen-bond acceptors (Lipinski definition) is 3. The maximum atomic E-state index is 13.5. The van der Waals surface area contributed by atoms with Crippen LogP contribution in [-0.2, 0) is 0 Å². The number of imidazole rings is 1. The highest BCUT2D eigenvalue weighted by atomic mass is 32.1. The van der Waals surface area contributed by atoms with Gasteiger partial charge in [-0.1, -0.05) is 11.3 Å². The first kappa shape index (κ1) is 10.2. The largest absolute Gasteiger partial charge is 0.476 e. The summed E-state index contributed by atoms with van der Waals surface area (Å²) in [6, 6.07) is 2.40. The summed E-state index contributed by atoms with van der Waals surface area (Å²) in [6.07, 6.45) is 1.29. The zero-order valence-corrected chi connectivity index (χ0v) is 8.96. The molecule has 0 fully saturated rings. The molecule has 0 radical (unpaired) electrons. The Morgan fingerprint density at radius 1 is 1.41 bits per heavy atom. The van der Waals surface area contributed by atoms with Crippen molar-refractivity contribution >= 4 is 32.5 Å². The fraction of sp³-hybridized carbons (Fsp3) is 0. The van der Waals surface area contributed by atoms with Crippen LogP contribution in [0.15, 0.2) is 18.3 Å². The third-order valence-electron chi connectivity index (χ3n) is 2.37. The third-order valence-corrected chi connectivity index (χ3v) is 3.44. The van der Waals surface area contributed by atoms with Gasteiger partial charge >= 0.3 is 5.97 Å². The number of carbonyl (C=O) groups is 1. The number of hydrogen-bond donors (Lipinski definition) is 1. The number of aromatic carboxylic acids is 1. The van der Waals surface area contributed by atoms with Crippen LogP contribution in [0.1, 0.15) is 10.5 Å². The van der Waals surface area contributed by atoms with Gasteiger partial charge in [-0.3, -0.25) is 4.40 Å². The van der Waals surface area contributed by atoms with E-state index in [1.54, 1.807) is 0 Å². The molecule has 0 bridgehead atoms. The van der Waals surface area contributed by atoms with Crippen molar-refractivity contribution in [3.8, 4) is 0 Å². The van der Waals surface area contributed by atoms with Gasteiger partial charge < -0.3 is 5.11 Å². The molecule has 0 saturated heterocycles. The van der Waals surface area contributed by atoms with E-state index in [0.717, 1.165) is 17.4 Å². The fourth-order valence-electron chi connectivity index (χ4n) is 1.61. The van der Waals surface area contributed by atoms with Crippen molar-refractivity contribution in [2.24, 2.45) is 0 Å². The average Bonchev–Trinajstić information content (AvgIpc) is 2.81. The molecule has 0 aliphatic rings. The lowest BCUT2D eigenvalue weighted by atomic mass is 10.3. The Bertz CT molecular complexity index is 762. The van der Waals surface area contributed by atoms with Crippen molar-refractivity contribution in [3.05, 3.63) is 35.7 Å². The van der Waals surface area contributed by atoms with Gasteiger partial charge in [-0.05, 0) is 12.1 Å². The van der Waals surface area contributed by atoms with Gasteiger partial charge in [0, 0.05) is 6.20 Å². The number of carboxylic acids is 1. The molecule has 0 amide bonds. The molecule has 0 unspecified atom stereocenters. The van der Waals surface area contributed by atoms with Crippen molar-refractivity contribution in [3.63, 3.8) is 0 Å². The van der Waals surface area contributed by atoms with Crippen LogP contribution in [0.25, 0.3) is 15.2 Å². The Morgan fingerprint density at radius 3 is 2.88 bits per heavy atom. The van der Waals surface area contributed by atoms with E-state index in [1.807, 2.05) is 0 Å². The number of nitrogens with zero attached hydrogens (tertiary/aromatic N) is 2. The van der Waals surface area contributed by atoms with E-state index in [4.69, 9.17) is 5.11 Å². The maximum absolute atomic E-state index is 13.5. The zero-order chi connectivity index (χ0) is 12.2. The number of halogens is 2. The lowest BCUT2D eigenvalue weighted by Crippen LogP contribution is -1.95. The van der Waals surface area contributed by atoms with Gasteiger partial charge in [0.15, 0.2) is 22.3 Å². The molecule has 4 nitrogen and oxygen atoms in total. The van der Waals surface area contributed by atoms with Gasteiger partial charge in [-0.2, -0.15) is 0 Å². The molecule has 0 spiro atoms. The SMILES string of the molecule is O=C(O)c1cn2c(n1)sc1c(F)c(F)ccc12. The quantitative estimate of drug-likeness (QED) is 0.726. The number of thiazole rings is 1. The predicted molar refractivity (Wildman–Crippen MR) is 57.5 cm³/mol. The Hall–Kier alpha value is -2.02. The Balaban J connectivity index is 2.42. The van der Waals surface area contributed by atoms with Gasteiger partial charge in [0.1, 0.15) is 0 Å². The lowest BCUT2D eigenvalue weighted by molar-refractivity contribution is 0.0691. The van der Waals surface area contributed by atoms with Crippen molar-refractivity contribution in [2.75, 3.05) is 0 Å². The Labute approximate surface area is 96.7 Å². The third kappa shape index (κ3) is 1.32. The summed E-state index contributed by atoms with van der Waals surface area (Å²) in [5.74, 6) is -3.02.